The Morgan fingerprint density at radius 3 is 2.50 bits per heavy atom. The molecule has 0 saturated heterocycles. The van der Waals surface area contributed by atoms with Crippen molar-refractivity contribution in [2.24, 2.45) is 0 Å². The molecule has 1 aliphatic carbocycles. The van der Waals surface area contributed by atoms with Gasteiger partial charge in [0.15, 0.2) is 0 Å². The van der Waals surface area contributed by atoms with Gasteiger partial charge in [-0.3, -0.25) is 4.79 Å². The molecule has 148 valence electrons. The number of benzene rings is 3. The summed E-state index contributed by atoms with van der Waals surface area (Å²) in [5.74, 6) is 0.578. The van der Waals surface area contributed by atoms with Gasteiger partial charge in [-0.25, -0.2) is 4.98 Å². The summed E-state index contributed by atoms with van der Waals surface area (Å²) in [4.78, 5) is 17.1. The molecule has 1 aromatic heterocycles. The quantitative estimate of drug-likeness (QED) is 0.391. The highest BCUT2D eigenvalue weighted by atomic mass is 32.2. The van der Waals surface area contributed by atoms with E-state index in [0.717, 1.165) is 33.8 Å². The van der Waals surface area contributed by atoms with Gasteiger partial charge in [0.1, 0.15) is 11.4 Å². The molecule has 1 N–H and O–H groups in total. The molecule has 0 spiro atoms. The Bertz CT molecular complexity index is 1300. The molecular formula is C24H20N4OS. The Labute approximate surface area is 179 Å². The number of aryl methyl sites for hydroxylation is 2. The van der Waals surface area contributed by atoms with E-state index in [9.17, 15) is 4.79 Å². The average Bonchev–Trinajstić information content (AvgIpc) is 3.06. The Morgan fingerprint density at radius 1 is 0.967 bits per heavy atom. The molecule has 0 bridgehead atoms. The van der Waals surface area contributed by atoms with Crippen LogP contribution in [-0.4, -0.2) is 26.8 Å². The molecule has 6 heteroatoms. The van der Waals surface area contributed by atoms with E-state index < -0.39 is 0 Å². The number of aromatic nitrogens is 3. The van der Waals surface area contributed by atoms with E-state index in [1.165, 1.54) is 28.1 Å². The lowest BCUT2D eigenvalue weighted by Crippen LogP contribution is -2.13. The summed E-state index contributed by atoms with van der Waals surface area (Å²) < 4.78 is 0. The first-order valence-electron chi connectivity index (χ1n) is 9.87. The highest BCUT2D eigenvalue weighted by Crippen LogP contribution is 2.44. The van der Waals surface area contributed by atoms with E-state index in [0.29, 0.717) is 17.3 Å². The van der Waals surface area contributed by atoms with Crippen molar-refractivity contribution in [2.75, 3.05) is 11.1 Å². The largest absolute Gasteiger partial charge is 0.326 e. The van der Waals surface area contributed by atoms with Crippen molar-refractivity contribution in [3.05, 3.63) is 65.7 Å². The van der Waals surface area contributed by atoms with Gasteiger partial charge in [-0.1, -0.05) is 65.9 Å². The monoisotopic (exact) mass is 412 g/mol. The molecule has 1 amide bonds. The predicted molar refractivity (Wildman–Crippen MR) is 122 cm³/mol. The van der Waals surface area contributed by atoms with Crippen LogP contribution < -0.4 is 5.32 Å². The summed E-state index contributed by atoms with van der Waals surface area (Å²) in [7, 11) is 0. The summed E-state index contributed by atoms with van der Waals surface area (Å²) in [5.41, 5.74) is 7.00. The zero-order valence-electron chi connectivity index (χ0n) is 16.8. The van der Waals surface area contributed by atoms with Crippen molar-refractivity contribution in [1.82, 2.24) is 15.2 Å². The molecule has 0 unspecified atom stereocenters. The van der Waals surface area contributed by atoms with Gasteiger partial charge < -0.3 is 5.32 Å². The van der Waals surface area contributed by atoms with E-state index in [1.54, 1.807) is 0 Å². The minimum absolute atomic E-state index is 0.0132. The summed E-state index contributed by atoms with van der Waals surface area (Å²) in [6.07, 6.45) is 0.383. The second-order valence-corrected chi connectivity index (χ2v) is 8.53. The second-order valence-electron chi connectivity index (χ2n) is 7.47. The number of thioether (sulfide) groups is 1. The first kappa shape index (κ1) is 18.8. The number of carbonyl (C=O) groups is 1. The number of rotatable bonds is 5. The molecule has 0 radical (unpaired) electrons. The van der Waals surface area contributed by atoms with Crippen LogP contribution in [0, 0.1) is 13.8 Å². The number of carbonyl (C=O) groups excluding carboxylic acids is 1. The van der Waals surface area contributed by atoms with Gasteiger partial charge >= 0.3 is 0 Å². The minimum atomic E-state index is -0.0132. The highest BCUT2D eigenvalue weighted by molar-refractivity contribution is 7.99. The molecule has 0 saturated carbocycles. The number of anilines is 1. The maximum atomic E-state index is 12.3. The molecule has 30 heavy (non-hydrogen) atoms. The van der Waals surface area contributed by atoms with Gasteiger partial charge in [0.25, 0.3) is 0 Å². The first-order valence-corrected chi connectivity index (χ1v) is 10.9. The Morgan fingerprint density at radius 2 is 1.73 bits per heavy atom. The minimum Gasteiger partial charge on any atom is -0.326 e. The van der Waals surface area contributed by atoms with Gasteiger partial charge in [-0.05, 0) is 30.9 Å². The van der Waals surface area contributed by atoms with Crippen molar-refractivity contribution in [2.45, 2.75) is 25.4 Å². The van der Waals surface area contributed by atoms with Crippen LogP contribution in [0.3, 0.4) is 0 Å². The van der Waals surface area contributed by atoms with Gasteiger partial charge in [0, 0.05) is 34.4 Å². The maximum Gasteiger partial charge on any atom is 0.225 e. The topological polar surface area (TPSA) is 67.8 Å². The first-order chi connectivity index (χ1) is 14.6. The number of amides is 1. The van der Waals surface area contributed by atoms with Crippen molar-refractivity contribution < 1.29 is 4.79 Å². The number of nitrogens with zero attached hydrogens (tertiary/aromatic N) is 3. The van der Waals surface area contributed by atoms with E-state index in [4.69, 9.17) is 4.98 Å². The number of hydrogen-bond acceptors (Lipinski definition) is 5. The van der Waals surface area contributed by atoms with E-state index >= 15 is 0 Å². The zero-order valence-corrected chi connectivity index (χ0v) is 17.6. The van der Waals surface area contributed by atoms with Crippen LogP contribution >= 0.6 is 11.8 Å². The molecule has 0 aliphatic heterocycles. The smallest absolute Gasteiger partial charge is 0.225 e. The van der Waals surface area contributed by atoms with Crippen LogP contribution in [0.25, 0.3) is 33.3 Å². The fourth-order valence-electron chi connectivity index (χ4n) is 3.88. The lowest BCUT2D eigenvalue weighted by molar-refractivity contribution is -0.115. The fraction of sp³-hybridized carbons (Fsp3) is 0.167. The summed E-state index contributed by atoms with van der Waals surface area (Å²) in [5, 5.41) is 14.7. The number of fused-ring (bicyclic) bond motifs is 3. The normalized spacial score (nSPS) is 11.5. The van der Waals surface area contributed by atoms with E-state index in [-0.39, 0.29) is 5.91 Å². The molecule has 3 aromatic carbocycles. The summed E-state index contributed by atoms with van der Waals surface area (Å²) in [6, 6.07) is 18.4. The lowest BCUT2D eigenvalue weighted by Gasteiger charge is -2.09. The van der Waals surface area contributed by atoms with Crippen molar-refractivity contribution in [3.63, 3.8) is 0 Å². The van der Waals surface area contributed by atoms with Gasteiger partial charge in [-0.15, -0.1) is 10.2 Å². The third kappa shape index (κ3) is 3.33. The fourth-order valence-corrected chi connectivity index (χ4v) is 4.60. The van der Waals surface area contributed by atoms with Crippen LogP contribution in [-0.2, 0) is 4.79 Å². The van der Waals surface area contributed by atoms with Crippen LogP contribution in [0.1, 0.15) is 17.5 Å². The van der Waals surface area contributed by atoms with E-state index in [2.05, 4.69) is 45.8 Å². The standard InChI is InChI=1S/C24H20N4OS/c1-14-9-10-19(15(2)13-14)25-20(29)11-12-30-24-26-22-17-7-3-5-16-6-4-8-18(21(16)17)23(22)27-28-24/h3-10,13H,11-12H2,1-2H3,(H,25,29). The van der Waals surface area contributed by atoms with Crippen molar-refractivity contribution >= 4 is 34.1 Å². The molecule has 0 fully saturated rings. The molecule has 0 atom stereocenters. The van der Waals surface area contributed by atoms with Crippen LogP contribution in [0.5, 0.6) is 0 Å². The van der Waals surface area contributed by atoms with Gasteiger partial charge in [-0.2, -0.15) is 0 Å². The Kier molecular flexibility index (Phi) is 4.71. The van der Waals surface area contributed by atoms with Crippen molar-refractivity contribution in [3.8, 4) is 22.5 Å². The van der Waals surface area contributed by atoms with Crippen LogP contribution in [0.4, 0.5) is 5.69 Å². The zero-order chi connectivity index (χ0) is 20.7. The Hall–Kier alpha value is -3.25. The van der Waals surface area contributed by atoms with Crippen molar-refractivity contribution in [1.29, 1.82) is 0 Å². The molecule has 1 heterocycles. The Balaban J connectivity index is 1.28. The molecule has 5 nitrogen and oxygen atoms in total. The van der Waals surface area contributed by atoms with Crippen LogP contribution in [0.15, 0.2) is 59.8 Å². The maximum absolute atomic E-state index is 12.3. The van der Waals surface area contributed by atoms with Gasteiger partial charge in [0.2, 0.25) is 11.1 Å². The molecule has 5 rings (SSSR count). The van der Waals surface area contributed by atoms with E-state index in [1.807, 2.05) is 38.1 Å². The summed E-state index contributed by atoms with van der Waals surface area (Å²) in [6.45, 7) is 4.04. The number of nitrogens with one attached hydrogen (secondary N) is 1. The SMILES string of the molecule is Cc1ccc(NC(=O)CCSc2nnc3c(n2)-c2cccc4cccc-3c24)c(C)c1. The highest BCUT2D eigenvalue weighted by Gasteiger charge is 2.24. The predicted octanol–water partition coefficient (Wildman–Crippen LogP) is 5.41. The average molecular weight is 413 g/mol. The summed E-state index contributed by atoms with van der Waals surface area (Å²) >= 11 is 1.45. The third-order valence-electron chi connectivity index (χ3n) is 5.30. The molecular weight excluding hydrogens is 392 g/mol. The molecule has 4 aromatic rings. The number of hydrogen-bond donors (Lipinski definition) is 1. The lowest BCUT2D eigenvalue weighted by atomic mass is 10.0. The second kappa shape index (κ2) is 7.54. The molecule has 1 aliphatic rings. The third-order valence-corrected chi connectivity index (χ3v) is 6.14. The van der Waals surface area contributed by atoms with Gasteiger partial charge in [0.05, 0.1) is 0 Å². The van der Waals surface area contributed by atoms with Crippen LogP contribution in [0.2, 0.25) is 0 Å².